The molecule has 0 bridgehead atoms. The largest absolute Gasteiger partial charge is 2.00 e. The van der Waals surface area contributed by atoms with Crippen molar-refractivity contribution in [2.75, 3.05) is 0 Å². The monoisotopic (exact) mass is 228 g/mol. The Bertz CT molecular complexity index is 40.3. The van der Waals surface area contributed by atoms with Crippen molar-refractivity contribution in [2.45, 2.75) is 0 Å². The molecule has 0 saturated carbocycles. The summed E-state index contributed by atoms with van der Waals surface area (Å²) in [4.78, 5) is 8.25. The average molecular weight is 228 g/mol. The van der Waals surface area contributed by atoms with E-state index < -0.39 is 5.09 Å². The van der Waals surface area contributed by atoms with E-state index in [1.165, 1.54) is 0 Å². The molecule has 0 aromatic rings. The third kappa shape index (κ3) is 55.9. The van der Waals surface area contributed by atoms with Crippen molar-refractivity contribution in [3.05, 3.63) is 15.3 Å². The summed E-state index contributed by atoms with van der Waals surface area (Å²) in [7, 11) is 0. The van der Waals surface area contributed by atoms with E-state index in [0.717, 1.165) is 0 Å². The minimum absolute atomic E-state index is 0. The van der Waals surface area contributed by atoms with E-state index in [4.69, 9.17) is 15.3 Å². The van der Waals surface area contributed by atoms with Crippen LogP contribution in [0.25, 0.3) is 0 Å². The molecule has 0 rings (SSSR count). The Morgan fingerprint density at radius 1 is 1.50 bits per heavy atom. The number of hydrogen-bond acceptors (Lipinski definition) is 3. The standard InChI is InChI=1S/Ce.Mg.NO3.2H/c;;2-1(3)4;;/q;+2;3*-1. The molecule has 0 unspecified atom stereocenters. The Balaban J connectivity index is -0.00000000750. The van der Waals surface area contributed by atoms with Crippen molar-refractivity contribution in [1.82, 2.24) is 0 Å². The molecule has 0 aliphatic heterocycles. The zero-order valence-corrected chi connectivity index (χ0v) is 7.43. The van der Waals surface area contributed by atoms with Gasteiger partial charge in [0.05, 0.1) is 5.09 Å². The first-order valence-electron chi connectivity index (χ1n) is 0.548. The van der Waals surface area contributed by atoms with Crippen LogP contribution < -0.4 is 0 Å². The second kappa shape index (κ2) is 9.60. The van der Waals surface area contributed by atoms with Crippen LogP contribution in [0.1, 0.15) is 2.85 Å². The maximum absolute atomic E-state index is 8.25. The number of nitrogens with zero attached hydrogens (tertiary/aromatic N) is 1. The zero-order valence-electron chi connectivity index (χ0n) is 4.88. The Labute approximate surface area is 86.9 Å². The van der Waals surface area contributed by atoms with Gasteiger partial charge < -0.3 is 18.2 Å². The van der Waals surface area contributed by atoms with Crippen LogP contribution in [-0.4, -0.2) is 28.1 Å². The Morgan fingerprint density at radius 3 is 1.50 bits per heavy atom. The van der Waals surface area contributed by atoms with Gasteiger partial charge in [-0.2, -0.15) is 0 Å². The van der Waals surface area contributed by atoms with Gasteiger partial charge in [-0.15, -0.1) is 0 Å². The molecule has 0 atom stereocenters. The predicted octanol–water partition coefficient (Wildman–Crippen LogP) is -0.395. The van der Waals surface area contributed by atoms with Crippen molar-refractivity contribution in [1.29, 1.82) is 0 Å². The molecule has 0 aliphatic rings. The molecule has 0 aromatic heterocycles. The smallest absolute Gasteiger partial charge is 1.00 e. The Kier molecular flexibility index (Phi) is 25.1. The fourth-order valence-electron chi connectivity index (χ4n) is 0. The van der Waals surface area contributed by atoms with Gasteiger partial charge in [0.15, 0.2) is 0 Å². The summed E-state index contributed by atoms with van der Waals surface area (Å²) in [6.07, 6.45) is 0. The maximum Gasteiger partial charge on any atom is 2.00 e. The van der Waals surface area contributed by atoms with Gasteiger partial charge in [-0.25, -0.2) is 0 Å². The minimum atomic E-state index is -1.75. The summed E-state index contributed by atoms with van der Waals surface area (Å²) in [6.45, 7) is 0. The minimum Gasteiger partial charge on any atom is -1.00 e. The molecule has 32 valence electrons. The van der Waals surface area contributed by atoms with Crippen molar-refractivity contribution < 1.29 is 49.7 Å². The first-order valence-corrected chi connectivity index (χ1v) is 0.548. The molecule has 0 heterocycles. The molecule has 0 amide bonds. The van der Waals surface area contributed by atoms with Gasteiger partial charge >= 0.3 is 23.1 Å². The van der Waals surface area contributed by atoms with Crippen LogP contribution >= 0.6 is 0 Å². The van der Waals surface area contributed by atoms with Crippen LogP contribution in [0, 0.1) is 57.1 Å². The van der Waals surface area contributed by atoms with Crippen LogP contribution in [0.2, 0.25) is 0 Å². The van der Waals surface area contributed by atoms with Crippen LogP contribution in [0.5, 0.6) is 0 Å². The molecule has 0 N–H and O–H groups in total. The average Bonchev–Trinajstić information content (AvgIpc) is 0.811. The van der Waals surface area contributed by atoms with Gasteiger partial charge in [-0.05, 0) is 0 Å². The molecule has 4 nitrogen and oxygen atoms in total. The fraction of sp³-hybridized carbons (Fsp3) is 0. The summed E-state index contributed by atoms with van der Waals surface area (Å²) in [5.74, 6) is 0. The van der Waals surface area contributed by atoms with Gasteiger partial charge in [0.2, 0.25) is 0 Å². The first-order chi connectivity index (χ1) is 1.73. The molecule has 6 heteroatoms. The maximum atomic E-state index is 8.25. The molecule has 0 fully saturated rings. The SMILES string of the molecule is O=[N+]([O-])[O-].[Ce].[H-].[H-].[Mg+2]. The second-order valence-electron chi connectivity index (χ2n) is 0.224. The van der Waals surface area contributed by atoms with E-state index in [0.29, 0.717) is 0 Å². The summed E-state index contributed by atoms with van der Waals surface area (Å²) in [5.41, 5.74) is 0. The van der Waals surface area contributed by atoms with Crippen LogP contribution in [0.4, 0.5) is 0 Å². The normalized spacial score (nSPS) is 4.00. The molecule has 0 aliphatic carbocycles. The predicted molar refractivity (Wildman–Crippen MR) is 18.3 cm³/mol. The van der Waals surface area contributed by atoms with Crippen molar-refractivity contribution >= 4 is 23.1 Å². The second-order valence-corrected chi connectivity index (χ2v) is 0.224. The molecule has 6 heavy (non-hydrogen) atoms. The van der Waals surface area contributed by atoms with Gasteiger partial charge in [0.25, 0.3) is 0 Å². The van der Waals surface area contributed by atoms with E-state index in [-0.39, 0.29) is 67.7 Å². The number of rotatable bonds is 0. The Morgan fingerprint density at radius 2 is 1.50 bits per heavy atom. The van der Waals surface area contributed by atoms with E-state index in [2.05, 4.69) is 0 Å². The van der Waals surface area contributed by atoms with Crippen LogP contribution in [-0.2, 0) is 0 Å². The topological polar surface area (TPSA) is 66.2 Å². The third-order valence-electron chi connectivity index (χ3n) is 0. The molecule has 0 saturated heterocycles. The van der Waals surface area contributed by atoms with Gasteiger partial charge in [-0.3, -0.25) is 0 Å². The summed E-state index contributed by atoms with van der Waals surface area (Å²) in [6, 6.07) is 0. The van der Waals surface area contributed by atoms with Gasteiger partial charge in [-0.1, -0.05) is 0 Å². The number of hydrogen-bond donors (Lipinski definition) is 0. The molecule has 0 spiro atoms. The fourth-order valence-corrected chi connectivity index (χ4v) is 0. The molecular weight excluding hydrogens is 226 g/mol. The van der Waals surface area contributed by atoms with E-state index in [1.54, 1.807) is 0 Å². The summed E-state index contributed by atoms with van der Waals surface area (Å²) < 4.78 is 0. The van der Waals surface area contributed by atoms with Crippen LogP contribution in [0.15, 0.2) is 0 Å². The van der Waals surface area contributed by atoms with E-state index in [1.807, 2.05) is 0 Å². The summed E-state index contributed by atoms with van der Waals surface area (Å²) >= 11 is 0. The van der Waals surface area contributed by atoms with Crippen molar-refractivity contribution in [3.63, 3.8) is 0 Å². The van der Waals surface area contributed by atoms with Gasteiger partial charge in [0, 0.05) is 41.7 Å². The quantitative estimate of drug-likeness (QED) is 0.322. The molecule has 0 radical (unpaired) electrons. The van der Waals surface area contributed by atoms with Crippen molar-refractivity contribution in [3.8, 4) is 0 Å². The third-order valence-corrected chi connectivity index (χ3v) is 0. The van der Waals surface area contributed by atoms with Crippen molar-refractivity contribution in [2.24, 2.45) is 0 Å². The van der Waals surface area contributed by atoms with Gasteiger partial charge in [0.1, 0.15) is 0 Å². The molecular formula is H2CeMgNO3-. The van der Waals surface area contributed by atoms with E-state index >= 15 is 0 Å². The first kappa shape index (κ1) is 15.7. The Hall–Kier alpha value is 1.34. The van der Waals surface area contributed by atoms with E-state index in [9.17, 15) is 0 Å². The summed E-state index contributed by atoms with van der Waals surface area (Å²) in [5, 5.41) is 14.8. The van der Waals surface area contributed by atoms with Crippen LogP contribution in [0.3, 0.4) is 0 Å². The zero-order chi connectivity index (χ0) is 3.58. The molecule has 0 aromatic carbocycles.